The number of nitrogens with one attached hydrogen (secondary N) is 1. The van der Waals surface area contributed by atoms with E-state index in [0.717, 1.165) is 5.75 Å². The average molecular weight is 324 g/mol. The molecule has 0 fully saturated rings. The highest BCUT2D eigenvalue weighted by molar-refractivity contribution is 7.98. The number of benzene rings is 1. The van der Waals surface area contributed by atoms with Crippen LogP contribution in [0.3, 0.4) is 0 Å². The van der Waals surface area contributed by atoms with Gasteiger partial charge in [-0.15, -0.1) is 5.10 Å². The van der Waals surface area contributed by atoms with Crippen LogP contribution in [0.2, 0.25) is 0 Å². The summed E-state index contributed by atoms with van der Waals surface area (Å²) in [5, 5.41) is 13.6. The molecule has 2 aromatic rings. The standard InChI is InChI=1S/C13H17FN6OS/c1-8-17-18-19-20(8)12-7-9(3-4-10(12)14)16-13(21)11(15)5-6-22-2/h3-4,7,11H,5-6,15H2,1-2H3,(H,16,21)/t11-/m0/s1. The molecule has 0 aliphatic rings. The van der Waals surface area contributed by atoms with Gasteiger partial charge in [0.1, 0.15) is 11.5 Å². The van der Waals surface area contributed by atoms with Crippen molar-refractivity contribution < 1.29 is 9.18 Å². The highest BCUT2D eigenvalue weighted by Crippen LogP contribution is 2.19. The van der Waals surface area contributed by atoms with Gasteiger partial charge in [0.05, 0.1) is 6.04 Å². The van der Waals surface area contributed by atoms with Crippen molar-refractivity contribution in [1.29, 1.82) is 0 Å². The van der Waals surface area contributed by atoms with Crippen molar-refractivity contribution in [3.8, 4) is 5.69 Å². The lowest BCUT2D eigenvalue weighted by Gasteiger charge is -2.13. The molecular formula is C13H17FN6OS. The first kappa shape index (κ1) is 16.4. The summed E-state index contributed by atoms with van der Waals surface area (Å²) in [5.41, 5.74) is 6.41. The Balaban J connectivity index is 2.16. The van der Waals surface area contributed by atoms with E-state index in [-0.39, 0.29) is 11.6 Å². The lowest BCUT2D eigenvalue weighted by Crippen LogP contribution is -2.36. The number of carbonyl (C=O) groups excluding carboxylic acids is 1. The minimum atomic E-state index is -0.601. The van der Waals surface area contributed by atoms with Crippen molar-refractivity contribution in [1.82, 2.24) is 20.2 Å². The molecule has 1 amide bonds. The van der Waals surface area contributed by atoms with Gasteiger partial charge in [0.2, 0.25) is 5.91 Å². The van der Waals surface area contributed by atoms with Crippen LogP contribution >= 0.6 is 11.8 Å². The first-order valence-corrected chi connectivity index (χ1v) is 8.02. The molecule has 0 aliphatic heterocycles. The number of hydrogen-bond donors (Lipinski definition) is 2. The van der Waals surface area contributed by atoms with E-state index in [9.17, 15) is 9.18 Å². The van der Waals surface area contributed by atoms with Crippen LogP contribution in [0, 0.1) is 12.7 Å². The highest BCUT2D eigenvalue weighted by atomic mass is 32.2. The fraction of sp³-hybridized carbons (Fsp3) is 0.385. The summed E-state index contributed by atoms with van der Waals surface area (Å²) in [6, 6.07) is 3.59. The van der Waals surface area contributed by atoms with Gasteiger partial charge < -0.3 is 11.1 Å². The minimum absolute atomic E-state index is 0.165. The van der Waals surface area contributed by atoms with Gasteiger partial charge in [-0.25, -0.2) is 4.39 Å². The molecular weight excluding hydrogens is 307 g/mol. The zero-order chi connectivity index (χ0) is 16.1. The third-order valence-electron chi connectivity index (χ3n) is 3.04. The van der Waals surface area contributed by atoms with Crippen LogP contribution in [0.5, 0.6) is 0 Å². The Labute approximate surface area is 131 Å². The minimum Gasteiger partial charge on any atom is -0.325 e. The number of nitrogens with two attached hydrogens (primary N) is 1. The van der Waals surface area contributed by atoms with Crippen molar-refractivity contribution in [2.24, 2.45) is 5.73 Å². The molecule has 1 heterocycles. The van der Waals surface area contributed by atoms with Crippen molar-refractivity contribution in [2.75, 3.05) is 17.3 Å². The predicted octanol–water partition coefficient (Wildman–Crippen LogP) is 1.13. The van der Waals surface area contributed by atoms with Gasteiger partial charge in [-0.3, -0.25) is 4.79 Å². The molecule has 1 aromatic carbocycles. The van der Waals surface area contributed by atoms with Crippen LogP contribution < -0.4 is 11.1 Å². The Kier molecular flexibility index (Phi) is 5.45. The van der Waals surface area contributed by atoms with Gasteiger partial charge in [-0.2, -0.15) is 16.4 Å². The topological polar surface area (TPSA) is 98.7 Å². The van der Waals surface area contributed by atoms with Crippen molar-refractivity contribution in [3.63, 3.8) is 0 Å². The Morgan fingerprint density at radius 2 is 2.32 bits per heavy atom. The maximum Gasteiger partial charge on any atom is 0.241 e. The molecule has 0 aliphatic carbocycles. The molecule has 0 saturated carbocycles. The number of tetrazole rings is 1. The number of nitrogens with zero attached hydrogens (tertiary/aromatic N) is 4. The van der Waals surface area contributed by atoms with Crippen LogP contribution in [0.4, 0.5) is 10.1 Å². The summed E-state index contributed by atoms with van der Waals surface area (Å²) in [6.45, 7) is 1.66. The van der Waals surface area contributed by atoms with E-state index in [1.54, 1.807) is 18.7 Å². The first-order valence-electron chi connectivity index (χ1n) is 6.63. The number of aromatic nitrogens is 4. The number of anilines is 1. The second kappa shape index (κ2) is 7.32. The number of halogens is 1. The molecule has 118 valence electrons. The maximum absolute atomic E-state index is 13.9. The number of rotatable bonds is 6. The number of aryl methyl sites for hydroxylation is 1. The summed E-state index contributed by atoms with van der Waals surface area (Å²) >= 11 is 1.62. The van der Waals surface area contributed by atoms with E-state index < -0.39 is 11.9 Å². The monoisotopic (exact) mass is 324 g/mol. The molecule has 1 atom stereocenters. The lowest BCUT2D eigenvalue weighted by molar-refractivity contribution is -0.117. The molecule has 0 radical (unpaired) electrons. The molecule has 0 spiro atoms. The first-order chi connectivity index (χ1) is 10.5. The van der Waals surface area contributed by atoms with Crippen LogP contribution in [0.1, 0.15) is 12.2 Å². The van der Waals surface area contributed by atoms with E-state index in [4.69, 9.17) is 5.73 Å². The van der Waals surface area contributed by atoms with E-state index >= 15 is 0 Å². The van der Waals surface area contributed by atoms with E-state index in [2.05, 4.69) is 20.8 Å². The Morgan fingerprint density at radius 3 is 2.95 bits per heavy atom. The predicted molar refractivity (Wildman–Crippen MR) is 83.5 cm³/mol. The fourth-order valence-corrected chi connectivity index (χ4v) is 2.31. The summed E-state index contributed by atoms with van der Waals surface area (Å²) in [6.07, 6.45) is 2.53. The smallest absolute Gasteiger partial charge is 0.241 e. The van der Waals surface area contributed by atoms with Crippen LogP contribution in [0.15, 0.2) is 18.2 Å². The van der Waals surface area contributed by atoms with Gasteiger partial charge in [-0.1, -0.05) is 0 Å². The zero-order valence-electron chi connectivity index (χ0n) is 12.3. The van der Waals surface area contributed by atoms with E-state index in [0.29, 0.717) is 17.9 Å². The van der Waals surface area contributed by atoms with E-state index in [1.807, 2.05) is 6.26 Å². The summed E-state index contributed by atoms with van der Waals surface area (Å²) in [5.74, 6) is 0.451. The van der Waals surface area contributed by atoms with E-state index in [1.165, 1.54) is 22.9 Å². The largest absolute Gasteiger partial charge is 0.325 e. The molecule has 22 heavy (non-hydrogen) atoms. The number of hydrogen-bond acceptors (Lipinski definition) is 6. The molecule has 0 bridgehead atoms. The summed E-state index contributed by atoms with van der Waals surface area (Å²) in [4.78, 5) is 12.0. The van der Waals surface area contributed by atoms with Crippen LogP contribution in [-0.4, -0.2) is 44.2 Å². The van der Waals surface area contributed by atoms with Crippen molar-refractivity contribution in [3.05, 3.63) is 29.8 Å². The van der Waals surface area contributed by atoms with Gasteiger partial charge in [0, 0.05) is 5.69 Å². The molecule has 7 nitrogen and oxygen atoms in total. The molecule has 2 rings (SSSR count). The Hall–Kier alpha value is -2.00. The summed E-state index contributed by atoms with van der Waals surface area (Å²) < 4.78 is 15.2. The summed E-state index contributed by atoms with van der Waals surface area (Å²) in [7, 11) is 0. The molecule has 0 unspecified atom stereocenters. The molecule has 1 aromatic heterocycles. The highest BCUT2D eigenvalue weighted by Gasteiger charge is 2.15. The molecule has 3 N–H and O–H groups in total. The number of carbonyl (C=O) groups is 1. The van der Waals surface area contributed by atoms with Crippen LogP contribution in [-0.2, 0) is 4.79 Å². The third-order valence-corrected chi connectivity index (χ3v) is 3.68. The van der Waals surface area contributed by atoms with Gasteiger partial charge in [0.25, 0.3) is 0 Å². The van der Waals surface area contributed by atoms with Crippen molar-refractivity contribution >= 4 is 23.4 Å². The maximum atomic E-state index is 13.9. The van der Waals surface area contributed by atoms with Gasteiger partial charge in [0.15, 0.2) is 5.82 Å². The van der Waals surface area contributed by atoms with Crippen LogP contribution in [0.25, 0.3) is 5.69 Å². The normalized spacial score (nSPS) is 12.2. The fourth-order valence-electron chi connectivity index (χ4n) is 1.82. The second-order valence-corrected chi connectivity index (χ2v) is 5.67. The SMILES string of the molecule is CSCC[C@H](N)C(=O)Nc1ccc(F)c(-n2nnnc2C)c1. The van der Waals surface area contributed by atoms with Gasteiger partial charge >= 0.3 is 0 Å². The quantitative estimate of drug-likeness (QED) is 0.826. The number of thioether (sulfide) groups is 1. The van der Waals surface area contributed by atoms with Crippen molar-refractivity contribution in [2.45, 2.75) is 19.4 Å². The lowest BCUT2D eigenvalue weighted by atomic mass is 10.2. The number of amides is 1. The van der Waals surface area contributed by atoms with Gasteiger partial charge in [-0.05, 0) is 54.0 Å². The zero-order valence-corrected chi connectivity index (χ0v) is 13.1. The second-order valence-electron chi connectivity index (χ2n) is 4.68. The Morgan fingerprint density at radius 1 is 1.55 bits per heavy atom. The Bertz CT molecular complexity index is 662. The molecule has 0 saturated heterocycles. The molecule has 9 heteroatoms. The average Bonchev–Trinajstić information content (AvgIpc) is 2.92. The third kappa shape index (κ3) is 3.80.